The fourth-order valence-corrected chi connectivity index (χ4v) is 2.04. The molecule has 0 aliphatic carbocycles. The van der Waals surface area contributed by atoms with Gasteiger partial charge in [0.2, 0.25) is 0 Å². The number of nitrogens with zero attached hydrogens (tertiary/aromatic N) is 2. The maximum atomic E-state index is 11.7. The van der Waals surface area contributed by atoms with E-state index < -0.39 is 0 Å². The van der Waals surface area contributed by atoms with Gasteiger partial charge in [-0.2, -0.15) is 0 Å². The van der Waals surface area contributed by atoms with Crippen LogP contribution in [0.5, 0.6) is 0 Å². The van der Waals surface area contributed by atoms with E-state index in [1.807, 2.05) is 30.1 Å². The molecule has 98 valence electrons. The summed E-state index contributed by atoms with van der Waals surface area (Å²) in [5.41, 5.74) is 1.42. The van der Waals surface area contributed by atoms with Gasteiger partial charge in [-0.25, -0.2) is 4.79 Å². The number of oxazole rings is 1. The molecule has 1 unspecified atom stereocenters. The highest BCUT2D eigenvalue weighted by atomic mass is 16.4. The second-order valence-corrected chi connectivity index (χ2v) is 4.60. The molecule has 1 aromatic carbocycles. The number of para-hydroxylation sites is 2. The van der Waals surface area contributed by atoms with Gasteiger partial charge >= 0.3 is 5.76 Å². The summed E-state index contributed by atoms with van der Waals surface area (Å²) >= 11 is 0. The number of hydrogen-bond donors (Lipinski definition) is 1. The van der Waals surface area contributed by atoms with Crippen molar-refractivity contribution in [3.8, 4) is 0 Å². The van der Waals surface area contributed by atoms with Crippen molar-refractivity contribution in [2.24, 2.45) is 0 Å². The van der Waals surface area contributed by atoms with Gasteiger partial charge < -0.3 is 14.4 Å². The first-order valence-corrected chi connectivity index (χ1v) is 6.03. The smallest absolute Gasteiger partial charge is 0.408 e. The Labute approximate surface area is 105 Å². The molecular formula is C13H18N2O3. The van der Waals surface area contributed by atoms with Crippen LogP contribution in [0.1, 0.15) is 6.92 Å². The summed E-state index contributed by atoms with van der Waals surface area (Å²) in [5.74, 6) is -0.332. The lowest BCUT2D eigenvalue weighted by atomic mass is 10.3. The van der Waals surface area contributed by atoms with E-state index in [2.05, 4.69) is 0 Å². The van der Waals surface area contributed by atoms with Crippen LogP contribution in [0.2, 0.25) is 0 Å². The Balaban J connectivity index is 2.12. The first-order chi connectivity index (χ1) is 8.58. The van der Waals surface area contributed by atoms with Crippen molar-refractivity contribution >= 4 is 11.1 Å². The zero-order chi connectivity index (χ0) is 13.1. The molecule has 5 heteroatoms. The van der Waals surface area contributed by atoms with Crippen LogP contribution in [0.4, 0.5) is 0 Å². The van der Waals surface area contributed by atoms with E-state index in [4.69, 9.17) is 4.42 Å². The average molecular weight is 250 g/mol. The van der Waals surface area contributed by atoms with Crippen LogP contribution in [0.15, 0.2) is 33.5 Å². The average Bonchev–Trinajstić information content (AvgIpc) is 2.61. The number of aromatic nitrogens is 1. The Morgan fingerprint density at radius 3 is 2.89 bits per heavy atom. The molecule has 0 aliphatic rings. The van der Waals surface area contributed by atoms with Gasteiger partial charge in [0.05, 0.1) is 11.6 Å². The van der Waals surface area contributed by atoms with Gasteiger partial charge in [0, 0.05) is 19.6 Å². The molecule has 0 spiro atoms. The third kappa shape index (κ3) is 2.80. The topological polar surface area (TPSA) is 58.6 Å². The van der Waals surface area contributed by atoms with Crippen LogP contribution < -0.4 is 5.76 Å². The Kier molecular flexibility index (Phi) is 3.84. The summed E-state index contributed by atoms with van der Waals surface area (Å²) in [4.78, 5) is 13.7. The van der Waals surface area contributed by atoms with Gasteiger partial charge in [-0.05, 0) is 26.1 Å². The summed E-state index contributed by atoms with van der Waals surface area (Å²) in [5, 5.41) is 9.28. The van der Waals surface area contributed by atoms with E-state index in [1.165, 1.54) is 0 Å². The Morgan fingerprint density at radius 1 is 1.44 bits per heavy atom. The number of aliphatic hydroxyl groups excluding tert-OH is 1. The lowest BCUT2D eigenvalue weighted by Gasteiger charge is -2.18. The third-order valence-electron chi connectivity index (χ3n) is 2.85. The van der Waals surface area contributed by atoms with Crippen molar-refractivity contribution < 1.29 is 9.52 Å². The van der Waals surface area contributed by atoms with E-state index >= 15 is 0 Å². The number of fused-ring (bicyclic) bond motifs is 1. The SMILES string of the molecule is CC(O)CN(C)CCn1c(=O)oc2ccccc21. The van der Waals surface area contributed by atoms with Crippen molar-refractivity contribution in [3.63, 3.8) is 0 Å². The molecule has 18 heavy (non-hydrogen) atoms. The Bertz CT molecular complexity index is 571. The van der Waals surface area contributed by atoms with Gasteiger partial charge in [-0.15, -0.1) is 0 Å². The summed E-state index contributed by atoms with van der Waals surface area (Å²) in [7, 11) is 1.92. The van der Waals surface area contributed by atoms with Crippen LogP contribution >= 0.6 is 0 Å². The van der Waals surface area contributed by atoms with Gasteiger partial charge in [0.1, 0.15) is 0 Å². The number of benzene rings is 1. The molecule has 0 aliphatic heterocycles. The van der Waals surface area contributed by atoms with Crippen molar-refractivity contribution in [2.45, 2.75) is 19.6 Å². The molecule has 1 aromatic heterocycles. The highest BCUT2D eigenvalue weighted by molar-refractivity contribution is 5.72. The zero-order valence-electron chi connectivity index (χ0n) is 10.7. The first kappa shape index (κ1) is 12.9. The van der Waals surface area contributed by atoms with Crippen LogP contribution in [0.3, 0.4) is 0 Å². The third-order valence-corrected chi connectivity index (χ3v) is 2.85. The van der Waals surface area contributed by atoms with E-state index in [-0.39, 0.29) is 11.9 Å². The standard InChI is InChI=1S/C13H18N2O3/c1-10(16)9-14(2)7-8-15-11-5-3-4-6-12(11)18-13(15)17/h3-6,10,16H,7-9H2,1-2H3. The second kappa shape index (κ2) is 5.37. The van der Waals surface area contributed by atoms with Crippen molar-refractivity contribution in [1.29, 1.82) is 0 Å². The molecule has 0 amide bonds. The maximum Gasteiger partial charge on any atom is 0.419 e. The van der Waals surface area contributed by atoms with Crippen molar-refractivity contribution in [1.82, 2.24) is 9.47 Å². The summed E-state index contributed by atoms with van der Waals surface area (Å²) in [6.45, 7) is 3.58. The molecule has 5 nitrogen and oxygen atoms in total. The van der Waals surface area contributed by atoms with E-state index in [9.17, 15) is 9.90 Å². The lowest BCUT2D eigenvalue weighted by molar-refractivity contribution is 0.139. The molecule has 1 N–H and O–H groups in total. The monoisotopic (exact) mass is 250 g/mol. The van der Waals surface area contributed by atoms with Crippen molar-refractivity contribution in [3.05, 3.63) is 34.8 Å². The highest BCUT2D eigenvalue weighted by Crippen LogP contribution is 2.11. The molecule has 1 atom stereocenters. The Hall–Kier alpha value is -1.59. The van der Waals surface area contributed by atoms with Crippen LogP contribution in [0, 0.1) is 0 Å². The minimum atomic E-state index is -0.368. The zero-order valence-corrected chi connectivity index (χ0v) is 10.7. The minimum Gasteiger partial charge on any atom is -0.408 e. The second-order valence-electron chi connectivity index (χ2n) is 4.60. The number of hydrogen-bond acceptors (Lipinski definition) is 4. The van der Waals surface area contributed by atoms with Gasteiger partial charge in [0.25, 0.3) is 0 Å². The molecule has 1 heterocycles. The van der Waals surface area contributed by atoms with Crippen LogP contribution in [-0.4, -0.2) is 40.8 Å². The van der Waals surface area contributed by atoms with E-state index in [0.29, 0.717) is 25.2 Å². The van der Waals surface area contributed by atoms with Crippen LogP contribution in [0.25, 0.3) is 11.1 Å². The number of aliphatic hydroxyl groups is 1. The summed E-state index contributed by atoms with van der Waals surface area (Å²) < 4.78 is 6.77. The van der Waals surface area contributed by atoms with Gasteiger partial charge in [-0.1, -0.05) is 12.1 Å². The minimum absolute atomic E-state index is 0.332. The fraction of sp³-hybridized carbons (Fsp3) is 0.462. The molecule has 0 saturated carbocycles. The fourth-order valence-electron chi connectivity index (χ4n) is 2.04. The van der Waals surface area contributed by atoms with Gasteiger partial charge in [-0.3, -0.25) is 4.57 Å². The first-order valence-electron chi connectivity index (χ1n) is 6.03. The quantitative estimate of drug-likeness (QED) is 0.857. The Morgan fingerprint density at radius 2 is 2.17 bits per heavy atom. The largest absolute Gasteiger partial charge is 0.419 e. The van der Waals surface area contributed by atoms with E-state index in [1.54, 1.807) is 17.6 Å². The predicted octanol–water partition coefficient (Wildman–Crippen LogP) is 0.907. The normalized spacial score (nSPS) is 13.3. The van der Waals surface area contributed by atoms with Gasteiger partial charge in [0.15, 0.2) is 5.58 Å². The molecular weight excluding hydrogens is 232 g/mol. The molecule has 0 bridgehead atoms. The molecule has 2 rings (SSSR count). The number of likely N-dealkylation sites (N-methyl/N-ethyl adjacent to an activating group) is 1. The maximum absolute atomic E-state index is 11.7. The van der Waals surface area contributed by atoms with E-state index in [0.717, 1.165) is 5.52 Å². The lowest BCUT2D eigenvalue weighted by Crippen LogP contribution is -2.31. The molecule has 0 saturated heterocycles. The highest BCUT2D eigenvalue weighted by Gasteiger charge is 2.09. The molecule has 0 radical (unpaired) electrons. The molecule has 2 aromatic rings. The summed E-state index contributed by atoms with van der Waals surface area (Å²) in [6.07, 6.45) is -0.368. The van der Waals surface area contributed by atoms with Crippen LogP contribution in [-0.2, 0) is 6.54 Å². The molecule has 0 fully saturated rings. The van der Waals surface area contributed by atoms with Crippen molar-refractivity contribution in [2.75, 3.05) is 20.1 Å². The summed E-state index contributed by atoms with van der Waals surface area (Å²) in [6, 6.07) is 7.38. The number of rotatable bonds is 5. The predicted molar refractivity (Wildman–Crippen MR) is 69.7 cm³/mol.